The van der Waals surface area contributed by atoms with E-state index in [1.165, 1.54) is 6.08 Å². The standard InChI is InChI=1S/C22H28N2O6/c1-4-29-22-16(11-8-12-25)17(13-18(30-22)21(27)28)19-14(2)23(3)24(20(19)26)15-9-6-5-7-10-15/h5-7,9-10,13,16-17,22,25H,4,8,11-12H2,1-3H3,(H,27,28)/t16-,17-,22+/m1/s1. The highest BCUT2D eigenvalue weighted by Crippen LogP contribution is 2.39. The first-order chi connectivity index (χ1) is 14.4. The smallest absolute Gasteiger partial charge is 0.370 e. The number of aromatic nitrogens is 2. The summed E-state index contributed by atoms with van der Waals surface area (Å²) in [6.45, 7) is 3.97. The zero-order valence-corrected chi connectivity index (χ0v) is 17.4. The minimum atomic E-state index is -1.21. The van der Waals surface area contributed by atoms with Crippen LogP contribution in [0.4, 0.5) is 0 Å². The van der Waals surface area contributed by atoms with Gasteiger partial charge in [-0.3, -0.25) is 9.48 Å². The highest BCUT2D eigenvalue weighted by molar-refractivity contribution is 5.84. The Labute approximate surface area is 174 Å². The van der Waals surface area contributed by atoms with Crippen LogP contribution in [-0.4, -0.2) is 45.0 Å². The van der Waals surface area contributed by atoms with Crippen molar-refractivity contribution in [1.82, 2.24) is 9.36 Å². The van der Waals surface area contributed by atoms with Gasteiger partial charge in [0.2, 0.25) is 12.0 Å². The van der Waals surface area contributed by atoms with E-state index in [2.05, 4.69) is 0 Å². The van der Waals surface area contributed by atoms with Gasteiger partial charge in [-0.2, -0.15) is 0 Å². The number of carbonyl (C=O) groups is 1. The van der Waals surface area contributed by atoms with Crippen molar-refractivity contribution in [2.24, 2.45) is 13.0 Å². The third-order valence-corrected chi connectivity index (χ3v) is 5.55. The summed E-state index contributed by atoms with van der Waals surface area (Å²) >= 11 is 0. The molecule has 1 aliphatic heterocycles. The average Bonchev–Trinajstić information content (AvgIpc) is 2.95. The second-order valence-corrected chi connectivity index (χ2v) is 7.31. The fourth-order valence-corrected chi connectivity index (χ4v) is 4.06. The first kappa shape index (κ1) is 21.9. The second-order valence-electron chi connectivity index (χ2n) is 7.31. The number of aliphatic hydroxyl groups is 1. The third kappa shape index (κ3) is 4.06. The minimum absolute atomic E-state index is 0.0143. The number of nitrogens with zero attached hydrogens (tertiary/aromatic N) is 2. The Kier molecular flexibility index (Phi) is 6.79. The Morgan fingerprint density at radius 2 is 1.97 bits per heavy atom. The summed E-state index contributed by atoms with van der Waals surface area (Å²) in [4.78, 5) is 25.2. The molecule has 8 heteroatoms. The summed E-state index contributed by atoms with van der Waals surface area (Å²) in [5.74, 6) is -2.26. The molecule has 0 fully saturated rings. The number of rotatable bonds is 8. The first-order valence-electron chi connectivity index (χ1n) is 10.1. The van der Waals surface area contributed by atoms with Crippen LogP contribution in [0.5, 0.6) is 0 Å². The lowest BCUT2D eigenvalue weighted by molar-refractivity contribution is -0.173. The number of aliphatic hydroxyl groups excluding tert-OH is 1. The molecule has 1 aliphatic rings. The molecule has 1 aromatic heterocycles. The van der Waals surface area contributed by atoms with Crippen molar-refractivity contribution in [3.8, 4) is 5.69 Å². The van der Waals surface area contributed by atoms with Crippen LogP contribution in [0.2, 0.25) is 0 Å². The first-order valence-corrected chi connectivity index (χ1v) is 10.1. The van der Waals surface area contributed by atoms with Gasteiger partial charge in [-0.1, -0.05) is 18.2 Å². The summed E-state index contributed by atoms with van der Waals surface area (Å²) in [7, 11) is 1.80. The van der Waals surface area contributed by atoms with Crippen LogP contribution in [-0.2, 0) is 21.3 Å². The molecule has 1 aromatic carbocycles. The molecule has 0 bridgehead atoms. The zero-order chi connectivity index (χ0) is 21.8. The average molecular weight is 416 g/mol. The van der Waals surface area contributed by atoms with E-state index in [0.717, 1.165) is 11.4 Å². The van der Waals surface area contributed by atoms with Crippen LogP contribution in [0.3, 0.4) is 0 Å². The van der Waals surface area contributed by atoms with E-state index in [1.54, 1.807) is 23.3 Å². The van der Waals surface area contributed by atoms with Crippen LogP contribution >= 0.6 is 0 Å². The Morgan fingerprint density at radius 1 is 1.27 bits per heavy atom. The number of carboxylic acid groups (broad SMARTS) is 1. The number of para-hydroxylation sites is 1. The summed E-state index contributed by atoms with van der Waals surface area (Å²) in [6, 6.07) is 9.29. The summed E-state index contributed by atoms with van der Waals surface area (Å²) in [5, 5.41) is 18.9. The minimum Gasteiger partial charge on any atom is -0.475 e. The SMILES string of the molecule is CCO[C@H]1OC(C(=O)O)=C[C@@H](c2c(C)n(C)n(-c3ccccc3)c2=O)[C@H]1CCCO. The van der Waals surface area contributed by atoms with E-state index in [9.17, 15) is 19.8 Å². The van der Waals surface area contributed by atoms with Crippen molar-refractivity contribution in [1.29, 1.82) is 0 Å². The number of aliphatic carboxylic acids is 1. The quantitative estimate of drug-likeness (QED) is 0.685. The van der Waals surface area contributed by atoms with Crippen molar-refractivity contribution in [2.75, 3.05) is 13.2 Å². The fourth-order valence-electron chi connectivity index (χ4n) is 4.06. The zero-order valence-electron chi connectivity index (χ0n) is 17.4. The van der Waals surface area contributed by atoms with E-state index >= 15 is 0 Å². The lowest BCUT2D eigenvalue weighted by Crippen LogP contribution is -2.38. The number of hydrogen-bond acceptors (Lipinski definition) is 5. The summed E-state index contributed by atoms with van der Waals surface area (Å²) < 4.78 is 14.6. The van der Waals surface area contributed by atoms with Crippen molar-refractivity contribution in [2.45, 2.75) is 38.9 Å². The van der Waals surface area contributed by atoms with E-state index in [4.69, 9.17) is 9.47 Å². The van der Waals surface area contributed by atoms with Gasteiger partial charge >= 0.3 is 5.97 Å². The molecule has 8 nitrogen and oxygen atoms in total. The lowest BCUT2D eigenvalue weighted by atomic mass is 9.80. The fraction of sp³-hybridized carbons (Fsp3) is 0.455. The molecular weight excluding hydrogens is 388 g/mol. The topological polar surface area (TPSA) is 103 Å². The Hall–Kier alpha value is -2.84. The van der Waals surface area contributed by atoms with Gasteiger partial charge in [-0.15, -0.1) is 0 Å². The molecule has 0 radical (unpaired) electrons. The van der Waals surface area contributed by atoms with Gasteiger partial charge in [0.05, 0.1) is 5.69 Å². The molecule has 0 saturated carbocycles. The Bertz CT molecular complexity index is 976. The van der Waals surface area contributed by atoms with E-state index in [-0.39, 0.29) is 23.8 Å². The molecule has 0 saturated heterocycles. The van der Waals surface area contributed by atoms with Crippen LogP contribution in [0, 0.1) is 12.8 Å². The predicted molar refractivity (Wildman–Crippen MR) is 111 cm³/mol. The Morgan fingerprint density at radius 3 is 2.57 bits per heavy atom. The van der Waals surface area contributed by atoms with E-state index in [0.29, 0.717) is 25.0 Å². The highest BCUT2D eigenvalue weighted by Gasteiger charge is 2.40. The normalized spacial score (nSPS) is 21.2. The number of benzene rings is 1. The predicted octanol–water partition coefficient (Wildman–Crippen LogP) is 2.32. The van der Waals surface area contributed by atoms with Crippen molar-refractivity contribution in [3.05, 3.63) is 63.8 Å². The highest BCUT2D eigenvalue weighted by atomic mass is 16.7. The van der Waals surface area contributed by atoms with Gasteiger partial charge in [0.25, 0.3) is 5.56 Å². The third-order valence-electron chi connectivity index (χ3n) is 5.55. The molecule has 0 aliphatic carbocycles. The van der Waals surface area contributed by atoms with Gasteiger partial charge in [-0.05, 0) is 44.9 Å². The van der Waals surface area contributed by atoms with Crippen LogP contribution in [0.15, 0.2) is 47.0 Å². The van der Waals surface area contributed by atoms with Gasteiger partial charge < -0.3 is 19.7 Å². The molecular formula is C22H28N2O6. The maximum absolute atomic E-state index is 13.5. The lowest BCUT2D eigenvalue weighted by Gasteiger charge is -2.36. The van der Waals surface area contributed by atoms with Crippen LogP contribution in [0.1, 0.15) is 36.9 Å². The van der Waals surface area contributed by atoms with E-state index in [1.807, 2.05) is 37.3 Å². The van der Waals surface area contributed by atoms with Gasteiger partial charge in [0.15, 0.2) is 0 Å². The molecule has 0 unspecified atom stereocenters. The van der Waals surface area contributed by atoms with Crippen LogP contribution in [0.25, 0.3) is 5.69 Å². The van der Waals surface area contributed by atoms with Gasteiger partial charge in [-0.25, -0.2) is 9.48 Å². The maximum atomic E-state index is 13.5. The number of carboxylic acids is 1. The maximum Gasteiger partial charge on any atom is 0.370 e. The largest absolute Gasteiger partial charge is 0.475 e. The van der Waals surface area contributed by atoms with Gasteiger partial charge in [0, 0.05) is 43.4 Å². The second kappa shape index (κ2) is 9.32. The molecule has 3 atom stereocenters. The molecule has 162 valence electrons. The number of ether oxygens (including phenoxy) is 2. The monoisotopic (exact) mass is 416 g/mol. The summed E-state index contributed by atoms with van der Waals surface area (Å²) in [5.41, 5.74) is 1.76. The van der Waals surface area contributed by atoms with Crippen molar-refractivity contribution in [3.63, 3.8) is 0 Å². The van der Waals surface area contributed by atoms with E-state index < -0.39 is 18.2 Å². The number of allylic oxidation sites excluding steroid dienone is 1. The van der Waals surface area contributed by atoms with Crippen LogP contribution < -0.4 is 5.56 Å². The molecule has 0 amide bonds. The molecule has 2 N–H and O–H groups in total. The van der Waals surface area contributed by atoms with Gasteiger partial charge in [0.1, 0.15) is 0 Å². The Balaban J connectivity index is 2.18. The summed E-state index contributed by atoms with van der Waals surface area (Å²) in [6.07, 6.45) is 1.70. The molecule has 0 spiro atoms. The molecule has 3 rings (SSSR count). The molecule has 2 heterocycles. The molecule has 30 heavy (non-hydrogen) atoms. The van der Waals surface area contributed by atoms with Crippen molar-refractivity contribution < 1.29 is 24.5 Å². The van der Waals surface area contributed by atoms with Crippen molar-refractivity contribution >= 4 is 5.97 Å². The number of hydrogen-bond donors (Lipinski definition) is 2. The molecule has 2 aromatic rings.